The number of amides is 1. The predicted octanol–water partition coefficient (Wildman–Crippen LogP) is 3.89. The first kappa shape index (κ1) is 23.9. The Hall–Kier alpha value is -3.79. The van der Waals surface area contributed by atoms with Crippen molar-refractivity contribution >= 4 is 33.3 Å². The minimum atomic E-state index is -3.97. The molecule has 0 bridgehead atoms. The van der Waals surface area contributed by atoms with Crippen LogP contribution in [0.5, 0.6) is 0 Å². The van der Waals surface area contributed by atoms with Crippen molar-refractivity contribution in [2.45, 2.75) is 11.8 Å². The molecule has 0 atom stereocenters. The van der Waals surface area contributed by atoms with Crippen molar-refractivity contribution in [3.8, 4) is 0 Å². The molecular weight excluding hydrogens is 454 g/mol. The van der Waals surface area contributed by atoms with E-state index in [2.05, 4.69) is 5.32 Å². The van der Waals surface area contributed by atoms with Gasteiger partial charge in [0.1, 0.15) is 11.6 Å². The highest BCUT2D eigenvalue weighted by molar-refractivity contribution is 7.92. The molecule has 0 aliphatic carbocycles. The first-order valence-electron chi connectivity index (χ1n) is 9.65. The number of benzene rings is 3. The van der Waals surface area contributed by atoms with Crippen LogP contribution in [0.4, 0.5) is 20.2 Å². The van der Waals surface area contributed by atoms with E-state index in [0.29, 0.717) is 11.8 Å². The molecule has 0 aliphatic heterocycles. The van der Waals surface area contributed by atoms with Gasteiger partial charge in [0.2, 0.25) is 0 Å². The van der Waals surface area contributed by atoms with Crippen LogP contribution in [0.25, 0.3) is 0 Å². The second kappa shape index (κ2) is 9.78. The summed E-state index contributed by atoms with van der Waals surface area (Å²) in [6.45, 7) is 1.12. The van der Waals surface area contributed by atoms with E-state index in [4.69, 9.17) is 4.74 Å². The van der Waals surface area contributed by atoms with Gasteiger partial charge in [-0.05, 0) is 49.4 Å². The Balaban J connectivity index is 1.68. The summed E-state index contributed by atoms with van der Waals surface area (Å²) in [5, 5.41) is 2.16. The summed E-state index contributed by atoms with van der Waals surface area (Å²) in [4.78, 5) is 24.1. The number of nitrogens with zero attached hydrogens (tertiary/aromatic N) is 1. The fourth-order valence-corrected chi connectivity index (χ4v) is 4.07. The van der Waals surface area contributed by atoms with Gasteiger partial charge in [-0.1, -0.05) is 23.8 Å². The normalized spacial score (nSPS) is 11.0. The van der Waals surface area contributed by atoms with E-state index in [9.17, 15) is 26.8 Å². The van der Waals surface area contributed by atoms with Gasteiger partial charge in [0.25, 0.3) is 15.9 Å². The molecule has 0 saturated carbocycles. The van der Waals surface area contributed by atoms with Gasteiger partial charge >= 0.3 is 5.97 Å². The summed E-state index contributed by atoms with van der Waals surface area (Å²) < 4.78 is 58.5. The number of carbonyl (C=O) groups is 2. The molecule has 0 aliphatic rings. The topological polar surface area (TPSA) is 92.8 Å². The Morgan fingerprint density at radius 3 is 2.36 bits per heavy atom. The van der Waals surface area contributed by atoms with E-state index in [-0.39, 0.29) is 16.1 Å². The fraction of sp³-hybridized carbons (Fsp3) is 0.130. The van der Waals surface area contributed by atoms with Gasteiger partial charge in [0.15, 0.2) is 6.61 Å². The van der Waals surface area contributed by atoms with E-state index >= 15 is 0 Å². The molecule has 3 aromatic rings. The minimum absolute atomic E-state index is 0.0888. The van der Waals surface area contributed by atoms with Gasteiger partial charge in [0.05, 0.1) is 21.8 Å². The van der Waals surface area contributed by atoms with Gasteiger partial charge in [0, 0.05) is 13.1 Å². The Morgan fingerprint density at radius 2 is 1.70 bits per heavy atom. The van der Waals surface area contributed by atoms with Crippen molar-refractivity contribution in [1.29, 1.82) is 0 Å². The molecule has 0 heterocycles. The largest absolute Gasteiger partial charge is 0.452 e. The van der Waals surface area contributed by atoms with Gasteiger partial charge in [-0.25, -0.2) is 22.0 Å². The molecule has 0 aromatic heterocycles. The third kappa shape index (κ3) is 5.72. The zero-order valence-corrected chi connectivity index (χ0v) is 18.5. The number of anilines is 2. The summed E-state index contributed by atoms with van der Waals surface area (Å²) in [5.41, 5.74) is 1.05. The Bertz CT molecular complexity index is 1290. The number of halogens is 2. The predicted molar refractivity (Wildman–Crippen MR) is 118 cm³/mol. The van der Waals surface area contributed by atoms with Crippen molar-refractivity contribution in [3.63, 3.8) is 0 Å². The van der Waals surface area contributed by atoms with Crippen LogP contribution in [-0.4, -0.2) is 33.9 Å². The molecule has 3 rings (SSSR count). The van der Waals surface area contributed by atoms with E-state index in [1.54, 1.807) is 24.3 Å². The number of aryl methyl sites for hydroxylation is 1. The highest BCUT2D eigenvalue weighted by Crippen LogP contribution is 2.23. The quantitative estimate of drug-likeness (QED) is 0.525. The standard InChI is InChI=1S/C23H20F2N2O5S/c1-15-6-9-18(10-7-15)27(2)33(30,31)19-5-3-4-16(12-19)23(29)32-14-22(28)26-21-11-8-17(24)13-20(21)25/h3-13H,14H2,1-2H3,(H,26,28). The zero-order chi connectivity index (χ0) is 24.2. The highest BCUT2D eigenvalue weighted by Gasteiger charge is 2.23. The van der Waals surface area contributed by atoms with Crippen molar-refractivity contribution in [1.82, 2.24) is 0 Å². The van der Waals surface area contributed by atoms with Gasteiger partial charge in [-0.15, -0.1) is 0 Å². The molecule has 0 unspecified atom stereocenters. The van der Waals surface area contributed by atoms with Gasteiger partial charge in [-0.2, -0.15) is 0 Å². The number of hydrogen-bond donors (Lipinski definition) is 1. The second-order valence-corrected chi connectivity index (χ2v) is 9.05. The number of carbonyl (C=O) groups excluding carboxylic acids is 2. The first-order valence-corrected chi connectivity index (χ1v) is 11.1. The molecule has 0 radical (unpaired) electrons. The molecule has 0 fully saturated rings. The third-order valence-electron chi connectivity index (χ3n) is 4.67. The summed E-state index contributed by atoms with van der Waals surface area (Å²) >= 11 is 0. The maximum atomic E-state index is 13.6. The van der Waals surface area contributed by atoms with Crippen LogP contribution in [0.2, 0.25) is 0 Å². The lowest BCUT2D eigenvalue weighted by Gasteiger charge is -2.20. The third-order valence-corrected chi connectivity index (χ3v) is 6.45. The summed E-state index contributed by atoms with van der Waals surface area (Å²) in [5.74, 6) is -3.58. The summed E-state index contributed by atoms with van der Waals surface area (Å²) in [6.07, 6.45) is 0. The molecule has 7 nitrogen and oxygen atoms in total. The molecular formula is C23H20F2N2O5S. The molecule has 172 valence electrons. The van der Waals surface area contributed by atoms with Crippen LogP contribution in [0.3, 0.4) is 0 Å². The van der Waals surface area contributed by atoms with Crippen molar-refractivity contribution < 1.29 is 31.5 Å². The van der Waals surface area contributed by atoms with Crippen LogP contribution in [-0.2, 0) is 19.6 Å². The first-order chi connectivity index (χ1) is 15.6. The lowest BCUT2D eigenvalue weighted by Crippen LogP contribution is -2.27. The SMILES string of the molecule is Cc1ccc(N(C)S(=O)(=O)c2cccc(C(=O)OCC(=O)Nc3ccc(F)cc3F)c2)cc1. The van der Waals surface area contributed by atoms with E-state index in [1.807, 2.05) is 6.92 Å². The zero-order valence-electron chi connectivity index (χ0n) is 17.7. The maximum Gasteiger partial charge on any atom is 0.338 e. The van der Waals surface area contributed by atoms with Crippen LogP contribution in [0.15, 0.2) is 71.6 Å². The Labute approximate surface area is 189 Å². The smallest absolute Gasteiger partial charge is 0.338 e. The number of esters is 1. The average molecular weight is 474 g/mol. The molecule has 10 heteroatoms. The monoisotopic (exact) mass is 474 g/mol. The molecule has 0 spiro atoms. The molecule has 3 aromatic carbocycles. The molecule has 33 heavy (non-hydrogen) atoms. The number of sulfonamides is 1. The van der Waals surface area contributed by atoms with Crippen LogP contribution >= 0.6 is 0 Å². The summed E-state index contributed by atoms with van der Waals surface area (Å²) in [7, 11) is -2.57. The fourth-order valence-electron chi connectivity index (χ4n) is 2.83. The van der Waals surface area contributed by atoms with Crippen molar-refractivity contribution in [2.24, 2.45) is 0 Å². The van der Waals surface area contributed by atoms with Crippen LogP contribution < -0.4 is 9.62 Å². The number of rotatable bonds is 7. The summed E-state index contributed by atoms with van der Waals surface area (Å²) in [6, 6.07) is 14.7. The lowest BCUT2D eigenvalue weighted by molar-refractivity contribution is -0.119. The molecule has 1 amide bonds. The van der Waals surface area contributed by atoms with E-state index < -0.39 is 40.1 Å². The highest BCUT2D eigenvalue weighted by atomic mass is 32.2. The number of nitrogens with one attached hydrogen (secondary N) is 1. The van der Waals surface area contributed by atoms with Gasteiger partial charge < -0.3 is 10.1 Å². The van der Waals surface area contributed by atoms with Crippen LogP contribution in [0, 0.1) is 18.6 Å². The Kier molecular flexibility index (Phi) is 7.07. The van der Waals surface area contributed by atoms with Crippen LogP contribution in [0.1, 0.15) is 15.9 Å². The number of hydrogen-bond acceptors (Lipinski definition) is 5. The van der Waals surface area contributed by atoms with E-state index in [0.717, 1.165) is 28.1 Å². The second-order valence-electron chi connectivity index (χ2n) is 7.08. The number of ether oxygens (including phenoxy) is 1. The molecule has 1 N–H and O–H groups in total. The molecule has 0 saturated heterocycles. The minimum Gasteiger partial charge on any atom is -0.452 e. The Morgan fingerprint density at radius 1 is 1.00 bits per heavy atom. The van der Waals surface area contributed by atoms with Crippen molar-refractivity contribution in [3.05, 3.63) is 89.5 Å². The average Bonchev–Trinajstić information content (AvgIpc) is 2.79. The maximum absolute atomic E-state index is 13.6. The van der Waals surface area contributed by atoms with Gasteiger partial charge in [-0.3, -0.25) is 9.10 Å². The lowest BCUT2D eigenvalue weighted by atomic mass is 10.2. The van der Waals surface area contributed by atoms with Crippen molar-refractivity contribution in [2.75, 3.05) is 23.3 Å². The van der Waals surface area contributed by atoms with E-state index in [1.165, 1.54) is 25.2 Å².